The summed E-state index contributed by atoms with van der Waals surface area (Å²) in [5.41, 5.74) is 6.18. The van der Waals surface area contributed by atoms with Gasteiger partial charge in [0.2, 0.25) is 0 Å². The van der Waals surface area contributed by atoms with Crippen LogP contribution in [0.15, 0.2) is 24.3 Å². The minimum absolute atomic E-state index is 0.109. The zero-order valence-corrected chi connectivity index (χ0v) is 14.4. The molecule has 4 nitrogen and oxygen atoms in total. The van der Waals surface area contributed by atoms with Crippen LogP contribution in [-0.2, 0) is 6.42 Å². The smallest absolute Gasteiger partial charge is 0.161 e. The van der Waals surface area contributed by atoms with Gasteiger partial charge in [-0.1, -0.05) is 17.7 Å². The van der Waals surface area contributed by atoms with Crippen LogP contribution < -0.4 is 19.5 Å². The van der Waals surface area contributed by atoms with Crippen LogP contribution in [0.1, 0.15) is 33.9 Å². The van der Waals surface area contributed by atoms with Gasteiger partial charge in [0.15, 0.2) is 11.5 Å². The van der Waals surface area contributed by atoms with Crippen molar-refractivity contribution in [3.8, 4) is 17.2 Å². The van der Waals surface area contributed by atoms with Gasteiger partial charge in [0.1, 0.15) is 19.0 Å². The summed E-state index contributed by atoms with van der Waals surface area (Å²) in [5, 5.41) is 3.65. The third-order valence-electron chi connectivity index (χ3n) is 4.82. The van der Waals surface area contributed by atoms with E-state index in [1.165, 1.54) is 27.8 Å². The van der Waals surface area contributed by atoms with Crippen molar-refractivity contribution in [2.75, 3.05) is 26.9 Å². The third kappa shape index (κ3) is 2.51. The van der Waals surface area contributed by atoms with E-state index in [0.717, 1.165) is 30.2 Å². The Morgan fingerprint density at radius 1 is 1.00 bits per heavy atom. The second-order valence-electron chi connectivity index (χ2n) is 6.54. The molecule has 0 aliphatic carbocycles. The number of fused-ring (bicyclic) bond motifs is 2. The summed E-state index contributed by atoms with van der Waals surface area (Å²) in [6.07, 6.45) is 0.996. The first-order valence-corrected chi connectivity index (χ1v) is 8.48. The fourth-order valence-electron chi connectivity index (χ4n) is 3.85. The van der Waals surface area contributed by atoms with E-state index in [-0.39, 0.29) is 6.04 Å². The molecular formula is C20H23NO3. The molecule has 0 amide bonds. The molecule has 2 aromatic rings. The maximum absolute atomic E-state index is 5.79. The first-order valence-electron chi connectivity index (χ1n) is 8.48. The van der Waals surface area contributed by atoms with E-state index < -0.39 is 0 Å². The molecule has 2 heterocycles. The molecule has 0 saturated carbocycles. The molecule has 1 unspecified atom stereocenters. The lowest BCUT2D eigenvalue weighted by atomic mass is 9.87. The molecule has 0 radical (unpaired) electrons. The van der Waals surface area contributed by atoms with Gasteiger partial charge in [0, 0.05) is 12.1 Å². The van der Waals surface area contributed by atoms with E-state index >= 15 is 0 Å². The van der Waals surface area contributed by atoms with Crippen LogP contribution in [0.2, 0.25) is 0 Å². The molecule has 2 aliphatic heterocycles. The number of aryl methyl sites for hydroxylation is 2. The maximum atomic E-state index is 5.79. The van der Waals surface area contributed by atoms with Gasteiger partial charge in [-0.05, 0) is 49.1 Å². The van der Waals surface area contributed by atoms with Crippen molar-refractivity contribution >= 4 is 0 Å². The number of methoxy groups -OCH3 is 1. The SMILES string of the molecule is COc1c(C)cc(C)cc1C1NCCc2cc3c(cc21)OCCO3. The van der Waals surface area contributed by atoms with Gasteiger partial charge in [0.05, 0.1) is 13.2 Å². The molecule has 126 valence electrons. The quantitative estimate of drug-likeness (QED) is 0.919. The Labute approximate surface area is 142 Å². The highest BCUT2D eigenvalue weighted by Crippen LogP contribution is 2.41. The van der Waals surface area contributed by atoms with E-state index in [1.54, 1.807) is 7.11 Å². The molecule has 0 saturated heterocycles. The largest absolute Gasteiger partial charge is 0.496 e. The predicted octanol–water partition coefficient (Wildman–Crippen LogP) is 3.32. The lowest BCUT2D eigenvalue weighted by molar-refractivity contribution is 0.171. The molecule has 0 aromatic heterocycles. The van der Waals surface area contributed by atoms with E-state index in [0.29, 0.717) is 13.2 Å². The minimum Gasteiger partial charge on any atom is -0.496 e. The summed E-state index contributed by atoms with van der Waals surface area (Å²) in [6, 6.07) is 8.77. The van der Waals surface area contributed by atoms with Crippen molar-refractivity contribution in [2.24, 2.45) is 0 Å². The summed E-state index contributed by atoms with van der Waals surface area (Å²) in [6.45, 7) is 6.40. The standard InChI is InChI=1S/C20H23NO3/c1-12-8-13(2)20(22-3)16(9-12)19-15-11-18-17(23-6-7-24-18)10-14(15)4-5-21-19/h8-11,19,21H,4-7H2,1-3H3. The fraction of sp³-hybridized carbons (Fsp3) is 0.400. The summed E-state index contributed by atoms with van der Waals surface area (Å²) < 4.78 is 17.3. The van der Waals surface area contributed by atoms with Crippen LogP contribution in [0.3, 0.4) is 0 Å². The van der Waals surface area contributed by atoms with Crippen LogP contribution in [0.4, 0.5) is 0 Å². The Morgan fingerprint density at radius 3 is 2.50 bits per heavy atom. The average Bonchev–Trinajstić information content (AvgIpc) is 2.59. The number of hydrogen-bond acceptors (Lipinski definition) is 4. The molecule has 4 heteroatoms. The summed E-state index contributed by atoms with van der Waals surface area (Å²) in [7, 11) is 1.74. The molecule has 0 fully saturated rings. The summed E-state index contributed by atoms with van der Waals surface area (Å²) in [5.74, 6) is 2.67. The van der Waals surface area contributed by atoms with Crippen LogP contribution >= 0.6 is 0 Å². The Hall–Kier alpha value is -2.20. The van der Waals surface area contributed by atoms with E-state index in [9.17, 15) is 0 Å². The average molecular weight is 325 g/mol. The van der Waals surface area contributed by atoms with Crippen LogP contribution in [0, 0.1) is 13.8 Å². The molecular weight excluding hydrogens is 302 g/mol. The van der Waals surface area contributed by atoms with Crippen LogP contribution in [0.25, 0.3) is 0 Å². The van der Waals surface area contributed by atoms with Crippen molar-refractivity contribution in [3.05, 3.63) is 52.1 Å². The van der Waals surface area contributed by atoms with Crippen molar-refractivity contribution in [1.29, 1.82) is 0 Å². The molecule has 0 spiro atoms. The Balaban J connectivity index is 1.85. The Morgan fingerprint density at radius 2 is 1.75 bits per heavy atom. The van der Waals surface area contributed by atoms with Gasteiger partial charge >= 0.3 is 0 Å². The van der Waals surface area contributed by atoms with E-state index in [4.69, 9.17) is 14.2 Å². The van der Waals surface area contributed by atoms with Gasteiger partial charge in [-0.25, -0.2) is 0 Å². The highest BCUT2D eigenvalue weighted by molar-refractivity contribution is 5.55. The number of rotatable bonds is 2. The first kappa shape index (κ1) is 15.3. The second kappa shape index (κ2) is 6.02. The van der Waals surface area contributed by atoms with Crippen molar-refractivity contribution < 1.29 is 14.2 Å². The summed E-state index contributed by atoms with van der Waals surface area (Å²) >= 11 is 0. The molecule has 1 N–H and O–H groups in total. The number of hydrogen-bond donors (Lipinski definition) is 1. The van der Waals surface area contributed by atoms with Crippen molar-refractivity contribution in [1.82, 2.24) is 5.32 Å². The van der Waals surface area contributed by atoms with Gasteiger partial charge in [0.25, 0.3) is 0 Å². The number of nitrogens with one attached hydrogen (secondary N) is 1. The second-order valence-corrected chi connectivity index (χ2v) is 6.54. The van der Waals surface area contributed by atoms with Crippen LogP contribution in [0.5, 0.6) is 17.2 Å². The molecule has 4 rings (SSSR count). The third-order valence-corrected chi connectivity index (χ3v) is 4.82. The zero-order valence-electron chi connectivity index (χ0n) is 14.4. The Kier molecular flexibility index (Phi) is 3.85. The molecule has 1 atom stereocenters. The fourth-order valence-corrected chi connectivity index (χ4v) is 3.85. The monoisotopic (exact) mass is 325 g/mol. The predicted molar refractivity (Wildman–Crippen MR) is 93.4 cm³/mol. The highest BCUT2D eigenvalue weighted by Gasteiger charge is 2.27. The highest BCUT2D eigenvalue weighted by atomic mass is 16.6. The first-order chi connectivity index (χ1) is 11.7. The van der Waals surface area contributed by atoms with Gasteiger partial charge in [-0.15, -0.1) is 0 Å². The van der Waals surface area contributed by atoms with Gasteiger partial charge < -0.3 is 19.5 Å². The molecule has 2 aromatic carbocycles. The van der Waals surface area contributed by atoms with Crippen molar-refractivity contribution in [3.63, 3.8) is 0 Å². The minimum atomic E-state index is 0.109. The molecule has 0 bridgehead atoms. The van der Waals surface area contributed by atoms with Gasteiger partial charge in [-0.2, -0.15) is 0 Å². The maximum Gasteiger partial charge on any atom is 0.161 e. The Bertz CT molecular complexity index is 785. The normalized spacial score (nSPS) is 18.9. The van der Waals surface area contributed by atoms with Crippen molar-refractivity contribution in [2.45, 2.75) is 26.3 Å². The number of ether oxygens (including phenoxy) is 3. The topological polar surface area (TPSA) is 39.7 Å². The van der Waals surface area contributed by atoms with E-state index in [1.807, 2.05) is 0 Å². The lowest BCUT2D eigenvalue weighted by Crippen LogP contribution is -2.31. The van der Waals surface area contributed by atoms with Crippen LogP contribution in [-0.4, -0.2) is 26.9 Å². The molecule has 2 aliphatic rings. The van der Waals surface area contributed by atoms with E-state index in [2.05, 4.69) is 43.4 Å². The zero-order chi connectivity index (χ0) is 16.7. The summed E-state index contributed by atoms with van der Waals surface area (Å²) in [4.78, 5) is 0. The van der Waals surface area contributed by atoms with Gasteiger partial charge in [-0.3, -0.25) is 0 Å². The lowest BCUT2D eigenvalue weighted by Gasteiger charge is -2.31. The molecule has 24 heavy (non-hydrogen) atoms. The number of benzene rings is 2.